The maximum Gasteiger partial charge on any atom is 0.194 e. The summed E-state index contributed by atoms with van der Waals surface area (Å²) in [5.41, 5.74) is 2.32. The second-order valence-corrected chi connectivity index (χ2v) is 4.87. The van der Waals surface area contributed by atoms with Gasteiger partial charge >= 0.3 is 0 Å². The summed E-state index contributed by atoms with van der Waals surface area (Å²) in [6.45, 7) is 0.605. The fourth-order valence-corrected chi connectivity index (χ4v) is 2.53. The molecule has 0 bridgehead atoms. The average Bonchev–Trinajstić information content (AvgIpc) is 2.88. The smallest absolute Gasteiger partial charge is 0.194 e. The highest BCUT2D eigenvalue weighted by molar-refractivity contribution is 5.28. The molecule has 0 saturated carbocycles. The molecule has 1 aliphatic rings. The molecule has 0 amide bonds. The molecule has 2 aromatic rings. The van der Waals surface area contributed by atoms with Crippen LogP contribution in [0.15, 0.2) is 12.4 Å². The largest absolute Gasteiger partial charge is 0.388 e. The van der Waals surface area contributed by atoms with Gasteiger partial charge in [-0.3, -0.25) is 0 Å². The van der Waals surface area contributed by atoms with E-state index < -0.39 is 0 Å². The minimum Gasteiger partial charge on any atom is -0.388 e. The first kappa shape index (κ1) is 11.4. The van der Waals surface area contributed by atoms with E-state index in [-0.39, 0.29) is 6.10 Å². The van der Waals surface area contributed by atoms with E-state index in [1.807, 2.05) is 10.8 Å². The predicted molar refractivity (Wildman–Crippen MR) is 64.8 cm³/mol. The van der Waals surface area contributed by atoms with Crippen LogP contribution in [0, 0.1) is 0 Å². The molecule has 0 fully saturated rings. The van der Waals surface area contributed by atoms with Crippen molar-refractivity contribution in [1.82, 2.24) is 24.8 Å². The van der Waals surface area contributed by atoms with Crippen LogP contribution < -0.4 is 0 Å². The standard InChI is InChI=1S/C12H17N5O/c1-16-14-12(13-15-16)8-17-6-9-4-2-3-5-11(18)10(9)7-17/h6-7,11,18H,2-5,8H2,1H3. The Balaban J connectivity index is 1.84. The molecule has 6 heteroatoms. The Morgan fingerprint density at radius 2 is 2.28 bits per heavy atom. The molecule has 6 nitrogen and oxygen atoms in total. The van der Waals surface area contributed by atoms with Crippen LogP contribution >= 0.6 is 0 Å². The van der Waals surface area contributed by atoms with Crippen molar-refractivity contribution in [2.75, 3.05) is 0 Å². The third-order valence-corrected chi connectivity index (χ3v) is 3.40. The van der Waals surface area contributed by atoms with Gasteiger partial charge in [0, 0.05) is 18.0 Å². The van der Waals surface area contributed by atoms with E-state index in [1.54, 1.807) is 7.05 Å². The molecular formula is C12H17N5O. The Labute approximate surface area is 105 Å². The van der Waals surface area contributed by atoms with Gasteiger partial charge in [0.1, 0.15) is 0 Å². The minimum absolute atomic E-state index is 0.321. The highest BCUT2D eigenvalue weighted by atomic mass is 16.3. The van der Waals surface area contributed by atoms with Crippen LogP contribution in [0.2, 0.25) is 0 Å². The number of nitrogens with zero attached hydrogens (tertiary/aromatic N) is 5. The van der Waals surface area contributed by atoms with Crippen LogP contribution in [0.1, 0.15) is 42.3 Å². The summed E-state index contributed by atoms with van der Waals surface area (Å²) in [6, 6.07) is 0. The van der Waals surface area contributed by atoms with Crippen molar-refractivity contribution in [3.63, 3.8) is 0 Å². The van der Waals surface area contributed by atoms with Crippen molar-refractivity contribution >= 4 is 0 Å². The Morgan fingerprint density at radius 3 is 3.06 bits per heavy atom. The van der Waals surface area contributed by atoms with Gasteiger partial charge in [-0.2, -0.15) is 4.80 Å². The molecule has 1 N–H and O–H groups in total. The van der Waals surface area contributed by atoms with Crippen LogP contribution in [-0.4, -0.2) is 29.9 Å². The summed E-state index contributed by atoms with van der Waals surface area (Å²) in [5, 5.41) is 22.0. The Morgan fingerprint density at radius 1 is 1.39 bits per heavy atom. The van der Waals surface area contributed by atoms with Crippen molar-refractivity contribution in [1.29, 1.82) is 0 Å². The molecule has 0 aliphatic heterocycles. The first-order chi connectivity index (χ1) is 8.72. The molecule has 0 spiro atoms. The van der Waals surface area contributed by atoms with Gasteiger partial charge in [0.25, 0.3) is 0 Å². The third-order valence-electron chi connectivity index (χ3n) is 3.40. The minimum atomic E-state index is -0.321. The number of tetrazole rings is 1. The van der Waals surface area contributed by atoms with Crippen LogP contribution in [0.25, 0.3) is 0 Å². The molecule has 0 radical (unpaired) electrons. The number of aliphatic hydroxyl groups excluding tert-OH is 1. The van der Waals surface area contributed by atoms with E-state index >= 15 is 0 Å². The molecule has 0 saturated heterocycles. The fraction of sp³-hybridized carbons (Fsp3) is 0.583. The van der Waals surface area contributed by atoms with Crippen LogP contribution in [-0.2, 0) is 20.0 Å². The van der Waals surface area contributed by atoms with E-state index in [2.05, 4.69) is 21.6 Å². The topological polar surface area (TPSA) is 68.8 Å². The van der Waals surface area contributed by atoms with E-state index in [0.29, 0.717) is 12.4 Å². The molecule has 1 unspecified atom stereocenters. The van der Waals surface area contributed by atoms with Gasteiger partial charge in [-0.05, 0) is 30.0 Å². The van der Waals surface area contributed by atoms with E-state index in [4.69, 9.17) is 0 Å². The molecule has 96 valence electrons. The second-order valence-electron chi connectivity index (χ2n) is 4.87. The van der Waals surface area contributed by atoms with Gasteiger partial charge < -0.3 is 9.67 Å². The molecule has 3 rings (SSSR count). The molecule has 1 atom stereocenters. The Kier molecular flexibility index (Phi) is 2.87. The molecule has 0 aromatic carbocycles. The lowest BCUT2D eigenvalue weighted by atomic mass is 10.1. The van der Waals surface area contributed by atoms with Gasteiger partial charge in [-0.15, -0.1) is 10.2 Å². The van der Waals surface area contributed by atoms with Crippen molar-refractivity contribution < 1.29 is 5.11 Å². The van der Waals surface area contributed by atoms with Gasteiger partial charge in [-0.25, -0.2) is 0 Å². The number of hydrogen-bond acceptors (Lipinski definition) is 4. The summed E-state index contributed by atoms with van der Waals surface area (Å²) in [6.07, 6.45) is 7.95. The number of aromatic nitrogens is 5. The number of rotatable bonds is 2. The van der Waals surface area contributed by atoms with Crippen molar-refractivity contribution in [3.8, 4) is 0 Å². The molecule has 18 heavy (non-hydrogen) atoms. The maximum atomic E-state index is 10.1. The lowest BCUT2D eigenvalue weighted by Crippen LogP contribution is -2.01. The SMILES string of the molecule is Cn1nnc(Cn2cc3c(c2)C(O)CCCC3)n1. The van der Waals surface area contributed by atoms with E-state index in [1.165, 1.54) is 10.4 Å². The molecular weight excluding hydrogens is 230 g/mol. The first-order valence-corrected chi connectivity index (χ1v) is 6.32. The average molecular weight is 247 g/mol. The van der Waals surface area contributed by atoms with Crippen LogP contribution in [0.3, 0.4) is 0 Å². The molecule has 2 heterocycles. The highest BCUT2D eigenvalue weighted by Gasteiger charge is 2.18. The number of aryl methyl sites for hydroxylation is 2. The fourth-order valence-electron chi connectivity index (χ4n) is 2.53. The first-order valence-electron chi connectivity index (χ1n) is 6.32. The zero-order valence-electron chi connectivity index (χ0n) is 10.5. The van der Waals surface area contributed by atoms with E-state index in [0.717, 1.165) is 31.2 Å². The summed E-state index contributed by atoms with van der Waals surface area (Å²) >= 11 is 0. The van der Waals surface area contributed by atoms with Crippen LogP contribution in [0.5, 0.6) is 0 Å². The van der Waals surface area contributed by atoms with Gasteiger partial charge in [0.2, 0.25) is 0 Å². The number of aliphatic hydroxyl groups is 1. The quantitative estimate of drug-likeness (QED) is 0.798. The lowest BCUT2D eigenvalue weighted by molar-refractivity contribution is 0.166. The highest BCUT2D eigenvalue weighted by Crippen LogP contribution is 2.29. The second kappa shape index (κ2) is 4.53. The van der Waals surface area contributed by atoms with Gasteiger partial charge in [-0.1, -0.05) is 6.42 Å². The molecule has 2 aromatic heterocycles. The van der Waals surface area contributed by atoms with Crippen molar-refractivity contribution in [2.24, 2.45) is 7.05 Å². The lowest BCUT2D eigenvalue weighted by Gasteiger charge is -2.05. The van der Waals surface area contributed by atoms with Crippen molar-refractivity contribution in [2.45, 2.75) is 38.3 Å². The van der Waals surface area contributed by atoms with Crippen LogP contribution in [0.4, 0.5) is 0 Å². The third kappa shape index (κ3) is 2.15. The van der Waals surface area contributed by atoms with Gasteiger partial charge in [0.05, 0.1) is 19.7 Å². The maximum absolute atomic E-state index is 10.1. The number of hydrogen-bond donors (Lipinski definition) is 1. The van der Waals surface area contributed by atoms with E-state index in [9.17, 15) is 5.11 Å². The zero-order chi connectivity index (χ0) is 12.5. The summed E-state index contributed by atoms with van der Waals surface area (Å²) in [5.74, 6) is 0.692. The molecule has 1 aliphatic carbocycles. The predicted octanol–water partition coefficient (Wildman–Crippen LogP) is 0.820. The Hall–Kier alpha value is -1.69. The summed E-state index contributed by atoms with van der Waals surface area (Å²) in [4.78, 5) is 1.46. The normalized spacial score (nSPS) is 19.6. The van der Waals surface area contributed by atoms with Gasteiger partial charge in [0.15, 0.2) is 5.82 Å². The monoisotopic (exact) mass is 247 g/mol. The Bertz CT molecular complexity index is 544. The van der Waals surface area contributed by atoms with Crippen molar-refractivity contribution in [3.05, 3.63) is 29.3 Å². The zero-order valence-corrected chi connectivity index (χ0v) is 10.5. The number of fused-ring (bicyclic) bond motifs is 1. The summed E-state index contributed by atoms with van der Waals surface area (Å²) in [7, 11) is 1.76. The summed E-state index contributed by atoms with van der Waals surface area (Å²) < 4.78 is 2.04.